The molecule has 0 spiro atoms. The Morgan fingerprint density at radius 1 is 1.07 bits per heavy atom. The van der Waals surface area contributed by atoms with Gasteiger partial charge in [0.05, 0.1) is 11.3 Å². The standard InChI is InChI=1S/C25H26O4/c1-16-13-21(28-24(26)19-11-7-4-8-12-19)23-17(2)20(25(27)29-22(23)14-16)15-18-9-5-3-6-10-18/h3,5-6,9-10,13-14,19H,4,7-8,11-12,15H2,1-2H3. The van der Waals surface area contributed by atoms with Gasteiger partial charge in [-0.05, 0) is 55.5 Å². The molecule has 1 fully saturated rings. The maximum atomic E-state index is 12.8. The largest absolute Gasteiger partial charge is 0.426 e. The molecule has 2 aromatic carbocycles. The van der Waals surface area contributed by atoms with Crippen LogP contribution in [0.15, 0.2) is 51.7 Å². The number of ether oxygens (including phenoxy) is 1. The van der Waals surface area contributed by atoms with Crippen LogP contribution >= 0.6 is 0 Å². The molecule has 4 rings (SSSR count). The first kappa shape index (κ1) is 19.4. The smallest absolute Gasteiger partial charge is 0.340 e. The topological polar surface area (TPSA) is 56.5 Å². The molecule has 1 aliphatic rings. The quantitative estimate of drug-likeness (QED) is 0.336. The molecule has 1 aromatic heterocycles. The third kappa shape index (κ3) is 4.12. The number of hydrogen-bond acceptors (Lipinski definition) is 4. The highest BCUT2D eigenvalue weighted by Crippen LogP contribution is 2.33. The van der Waals surface area contributed by atoms with Crippen LogP contribution in [0.25, 0.3) is 11.0 Å². The van der Waals surface area contributed by atoms with Crippen molar-refractivity contribution in [1.29, 1.82) is 0 Å². The maximum Gasteiger partial charge on any atom is 0.340 e. The second kappa shape index (κ2) is 8.24. The SMILES string of the molecule is Cc1cc(OC(=O)C2CCCCC2)c2c(C)c(Cc3ccccc3)c(=O)oc2c1. The molecule has 0 bridgehead atoms. The predicted molar refractivity (Wildman–Crippen MR) is 113 cm³/mol. The molecule has 4 nitrogen and oxygen atoms in total. The highest BCUT2D eigenvalue weighted by atomic mass is 16.5. The molecule has 3 aromatic rings. The molecule has 1 heterocycles. The van der Waals surface area contributed by atoms with Gasteiger partial charge in [-0.1, -0.05) is 49.6 Å². The zero-order valence-electron chi connectivity index (χ0n) is 17.0. The van der Waals surface area contributed by atoms with Crippen molar-refractivity contribution in [2.45, 2.75) is 52.4 Å². The molecular formula is C25H26O4. The summed E-state index contributed by atoms with van der Waals surface area (Å²) < 4.78 is 11.5. The van der Waals surface area contributed by atoms with Crippen LogP contribution < -0.4 is 10.4 Å². The Hall–Kier alpha value is -2.88. The molecule has 0 atom stereocenters. The van der Waals surface area contributed by atoms with Gasteiger partial charge in [0.2, 0.25) is 0 Å². The van der Waals surface area contributed by atoms with E-state index in [-0.39, 0.29) is 17.5 Å². The first-order valence-electron chi connectivity index (χ1n) is 10.4. The van der Waals surface area contributed by atoms with Gasteiger partial charge in [0.15, 0.2) is 0 Å². The Morgan fingerprint density at radius 2 is 1.79 bits per heavy atom. The van der Waals surface area contributed by atoms with Gasteiger partial charge in [-0.2, -0.15) is 0 Å². The van der Waals surface area contributed by atoms with E-state index in [1.807, 2.05) is 56.3 Å². The highest BCUT2D eigenvalue weighted by molar-refractivity contribution is 5.91. The summed E-state index contributed by atoms with van der Waals surface area (Å²) in [6, 6.07) is 13.5. The van der Waals surface area contributed by atoms with Crippen molar-refractivity contribution in [1.82, 2.24) is 0 Å². The van der Waals surface area contributed by atoms with E-state index in [9.17, 15) is 9.59 Å². The number of carbonyl (C=O) groups excluding carboxylic acids is 1. The second-order valence-corrected chi connectivity index (χ2v) is 8.05. The predicted octanol–water partition coefficient (Wildman–Crippen LogP) is 5.49. The summed E-state index contributed by atoms with van der Waals surface area (Å²) in [5, 5.41) is 0.713. The fourth-order valence-electron chi connectivity index (χ4n) is 4.25. The number of aryl methyl sites for hydroxylation is 2. The summed E-state index contributed by atoms with van der Waals surface area (Å²) >= 11 is 0. The molecule has 29 heavy (non-hydrogen) atoms. The minimum Gasteiger partial charge on any atom is -0.426 e. The minimum atomic E-state index is -0.339. The molecule has 150 valence electrons. The van der Waals surface area contributed by atoms with Crippen LogP contribution in [0.4, 0.5) is 0 Å². The van der Waals surface area contributed by atoms with E-state index in [0.717, 1.165) is 42.4 Å². The molecule has 0 aliphatic heterocycles. The van der Waals surface area contributed by atoms with Crippen LogP contribution in [0.1, 0.15) is 54.4 Å². The molecule has 1 aliphatic carbocycles. The van der Waals surface area contributed by atoms with Crippen LogP contribution in [0.2, 0.25) is 0 Å². The van der Waals surface area contributed by atoms with E-state index in [1.54, 1.807) is 0 Å². The molecule has 0 amide bonds. The summed E-state index contributed by atoms with van der Waals surface area (Å²) in [5.74, 6) is 0.275. The number of benzene rings is 2. The van der Waals surface area contributed by atoms with Crippen molar-refractivity contribution in [3.8, 4) is 5.75 Å². The van der Waals surface area contributed by atoms with E-state index in [0.29, 0.717) is 28.7 Å². The average Bonchev–Trinajstić information content (AvgIpc) is 2.72. The van der Waals surface area contributed by atoms with Crippen LogP contribution in [0, 0.1) is 19.8 Å². The van der Waals surface area contributed by atoms with Crippen LogP contribution in [0.5, 0.6) is 5.75 Å². The molecule has 0 radical (unpaired) electrons. The molecule has 0 saturated heterocycles. The first-order valence-corrected chi connectivity index (χ1v) is 10.4. The average molecular weight is 390 g/mol. The molecule has 0 unspecified atom stereocenters. The normalized spacial score (nSPS) is 14.8. The summed E-state index contributed by atoms with van der Waals surface area (Å²) in [4.78, 5) is 25.4. The number of esters is 1. The third-order valence-electron chi connectivity index (χ3n) is 5.86. The highest BCUT2D eigenvalue weighted by Gasteiger charge is 2.25. The number of rotatable bonds is 4. The Labute approximate surface area is 170 Å². The minimum absolute atomic E-state index is 0.0425. The Balaban J connectivity index is 1.76. The number of carbonyl (C=O) groups is 1. The lowest BCUT2D eigenvalue weighted by Crippen LogP contribution is -2.23. The Bertz CT molecular complexity index is 1090. The molecule has 1 saturated carbocycles. The van der Waals surface area contributed by atoms with Crippen LogP contribution in [0.3, 0.4) is 0 Å². The van der Waals surface area contributed by atoms with Crippen molar-refractivity contribution in [3.05, 3.63) is 75.1 Å². The van der Waals surface area contributed by atoms with Crippen molar-refractivity contribution >= 4 is 16.9 Å². The van der Waals surface area contributed by atoms with Gasteiger partial charge in [-0.3, -0.25) is 4.79 Å². The molecule has 4 heteroatoms. The van der Waals surface area contributed by atoms with Crippen molar-refractivity contribution < 1.29 is 13.9 Å². The van der Waals surface area contributed by atoms with Gasteiger partial charge < -0.3 is 9.15 Å². The van der Waals surface area contributed by atoms with Gasteiger partial charge in [-0.25, -0.2) is 4.79 Å². The van der Waals surface area contributed by atoms with E-state index in [4.69, 9.17) is 9.15 Å². The maximum absolute atomic E-state index is 12.8. The molecular weight excluding hydrogens is 364 g/mol. The van der Waals surface area contributed by atoms with Gasteiger partial charge >= 0.3 is 11.6 Å². The van der Waals surface area contributed by atoms with Gasteiger partial charge in [0.25, 0.3) is 0 Å². The van der Waals surface area contributed by atoms with Gasteiger partial charge in [-0.15, -0.1) is 0 Å². The van der Waals surface area contributed by atoms with Crippen LogP contribution in [-0.4, -0.2) is 5.97 Å². The Morgan fingerprint density at radius 3 is 2.52 bits per heavy atom. The monoisotopic (exact) mass is 390 g/mol. The zero-order valence-corrected chi connectivity index (χ0v) is 17.0. The van der Waals surface area contributed by atoms with Crippen molar-refractivity contribution in [2.75, 3.05) is 0 Å². The lowest BCUT2D eigenvalue weighted by molar-refractivity contribution is -0.139. The van der Waals surface area contributed by atoms with E-state index >= 15 is 0 Å². The summed E-state index contributed by atoms with van der Waals surface area (Å²) in [6.07, 6.45) is 5.58. The summed E-state index contributed by atoms with van der Waals surface area (Å²) in [7, 11) is 0. The summed E-state index contributed by atoms with van der Waals surface area (Å²) in [5.41, 5.74) is 3.47. The van der Waals surface area contributed by atoms with Crippen LogP contribution in [-0.2, 0) is 11.2 Å². The van der Waals surface area contributed by atoms with E-state index in [1.165, 1.54) is 6.42 Å². The fourth-order valence-corrected chi connectivity index (χ4v) is 4.25. The number of hydrogen-bond donors (Lipinski definition) is 0. The van der Waals surface area contributed by atoms with E-state index in [2.05, 4.69) is 0 Å². The van der Waals surface area contributed by atoms with Crippen molar-refractivity contribution in [3.63, 3.8) is 0 Å². The second-order valence-electron chi connectivity index (χ2n) is 8.05. The van der Waals surface area contributed by atoms with E-state index < -0.39 is 0 Å². The van der Waals surface area contributed by atoms with Gasteiger partial charge in [0.1, 0.15) is 11.3 Å². The lowest BCUT2D eigenvalue weighted by atomic mass is 9.89. The fraction of sp³-hybridized carbons (Fsp3) is 0.360. The molecule has 0 N–H and O–H groups in total. The zero-order chi connectivity index (χ0) is 20.4. The van der Waals surface area contributed by atoms with Gasteiger partial charge in [0, 0.05) is 12.0 Å². The number of fused-ring (bicyclic) bond motifs is 1. The first-order chi connectivity index (χ1) is 14.0. The Kier molecular flexibility index (Phi) is 5.52. The summed E-state index contributed by atoms with van der Waals surface area (Å²) in [6.45, 7) is 3.81. The third-order valence-corrected chi connectivity index (χ3v) is 5.86. The van der Waals surface area contributed by atoms with Crippen molar-refractivity contribution in [2.24, 2.45) is 5.92 Å². The lowest BCUT2D eigenvalue weighted by Gasteiger charge is -2.20.